The van der Waals surface area contributed by atoms with Gasteiger partial charge in [-0.25, -0.2) is 0 Å². The highest BCUT2D eigenvalue weighted by atomic mass is 16.5. The lowest BCUT2D eigenvalue weighted by atomic mass is 9.85. The van der Waals surface area contributed by atoms with Crippen molar-refractivity contribution in [2.45, 2.75) is 72.5 Å². The van der Waals surface area contributed by atoms with Gasteiger partial charge >= 0.3 is 5.97 Å². The van der Waals surface area contributed by atoms with Gasteiger partial charge < -0.3 is 9.47 Å². The maximum atomic E-state index is 11.8. The Kier molecular flexibility index (Phi) is 5.82. The molecule has 118 valence electrons. The fraction of sp³-hybridized carbons (Fsp3) is 0.611. The van der Waals surface area contributed by atoms with Gasteiger partial charge in [0.2, 0.25) is 0 Å². The monoisotopic (exact) mass is 292 g/mol. The third-order valence-corrected chi connectivity index (χ3v) is 2.93. The van der Waals surface area contributed by atoms with Crippen molar-refractivity contribution >= 4 is 5.97 Å². The highest BCUT2D eigenvalue weighted by molar-refractivity contribution is 5.73. The summed E-state index contributed by atoms with van der Waals surface area (Å²) in [6, 6.07) is 5.95. The molecule has 0 N–H and O–H groups in total. The largest absolute Gasteiger partial charge is 0.491 e. The highest BCUT2D eigenvalue weighted by Gasteiger charge is 2.21. The summed E-state index contributed by atoms with van der Waals surface area (Å²) in [5, 5.41) is 0. The van der Waals surface area contributed by atoms with Gasteiger partial charge in [0, 0.05) is 0 Å². The molecule has 0 aliphatic carbocycles. The van der Waals surface area contributed by atoms with Crippen molar-refractivity contribution in [3.8, 4) is 5.75 Å². The van der Waals surface area contributed by atoms with Gasteiger partial charge in [0.1, 0.15) is 5.75 Å². The van der Waals surface area contributed by atoms with Gasteiger partial charge in [-0.2, -0.15) is 0 Å². The molecule has 0 unspecified atom stereocenters. The summed E-state index contributed by atoms with van der Waals surface area (Å²) in [7, 11) is 0. The minimum Gasteiger partial charge on any atom is -0.491 e. The zero-order valence-corrected chi connectivity index (χ0v) is 14.3. The molecule has 0 spiro atoms. The Morgan fingerprint density at radius 2 is 1.71 bits per heavy atom. The third kappa shape index (κ3) is 5.78. The average molecular weight is 292 g/mol. The van der Waals surface area contributed by atoms with E-state index in [1.54, 1.807) is 0 Å². The van der Waals surface area contributed by atoms with Crippen LogP contribution in [-0.4, -0.2) is 18.2 Å². The van der Waals surface area contributed by atoms with E-state index in [1.807, 2.05) is 39.8 Å². The van der Waals surface area contributed by atoms with E-state index in [-0.39, 0.29) is 23.6 Å². The van der Waals surface area contributed by atoms with E-state index in [0.29, 0.717) is 6.42 Å². The van der Waals surface area contributed by atoms with Gasteiger partial charge in [-0.3, -0.25) is 4.79 Å². The van der Waals surface area contributed by atoms with Crippen LogP contribution < -0.4 is 4.74 Å². The Hall–Kier alpha value is -1.51. The summed E-state index contributed by atoms with van der Waals surface area (Å²) in [5.74, 6) is 0.695. The molecule has 0 atom stereocenters. The minimum absolute atomic E-state index is 0.0395. The van der Waals surface area contributed by atoms with Gasteiger partial charge in [-0.05, 0) is 50.3 Å². The average Bonchev–Trinajstić information content (AvgIpc) is 2.27. The van der Waals surface area contributed by atoms with Crippen LogP contribution in [0.1, 0.15) is 59.6 Å². The molecule has 3 nitrogen and oxygen atoms in total. The van der Waals surface area contributed by atoms with Gasteiger partial charge in [0.25, 0.3) is 0 Å². The Balaban J connectivity index is 3.02. The minimum atomic E-state index is -0.192. The lowest BCUT2D eigenvalue weighted by Gasteiger charge is -2.25. The van der Waals surface area contributed by atoms with Crippen LogP contribution in [0.25, 0.3) is 0 Å². The molecule has 0 bridgehead atoms. The van der Waals surface area contributed by atoms with Crippen LogP contribution in [0, 0.1) is 0 Å². The Morgan fingerprint density at radius 1 is 1.10 bits per heavy atom. The van der Waals surface area contributed by atoms with E-state index >= 15 is 0 Å². The van der Waals surface area contributed by atoms with Gasteiger partial charge in [-0.1, -0.05) is 32.9 Å². The Morgan fingerprint density at radius 3 is 2.19 bits per heavy atom. The molecule has 1 aromatic rings. The zero-order valence-electron chi connectivity index (χ0n) is 14.3. The highest BCUT2D eigenvalue weighted by Crippen LogP contribution is 2.33. The summed E-state index contributed by atoms with van der Waals surface area (Å²) in [4.78, 5) is 11.8. The van der Waals surface area contributed by atoms with E-state index < -0.39 is 0 Å². The van der Waals surface area contributed by atoms with Crippen molar-refractivity contribution in [2.24, 2.45) is 0 Å². The molecule has 0 saturated heterocycles. The second-order valence-electron chi connectivity index (χ2n) is 6.96. The number of hydrogen-bond donors (Lipinski definition) is 0. The number of hydrogen-bond acceptors (Lipinski definition) is 3. The smallest absolute Gasteiger partial charge is 0.310 e. The van der Waals surface area contributed by atoms with Crippen LogP contribution in [0.15, 0.2) is 18.2 Å². The number of ether oxygens (including phenoxy) is 2. The first kappa shape index (κ1) is 17.5. The van der Waals surface area contributed by atoms with Crippen molar-refractivity contribution in [1.82, 2.24) is 0 Å². The normalized spacial score (nSPS) is 11.9. The maximum Gasteiger partial charge on any atom is 0.310 e. The van der Waals surface area contributed by atoms with Crippen LogP contribution >= 0.6 is 0 Å². The van der Waals surface area contributed by atoms with Crippen LogP contribution in [0.2, 0.25) is 0 Å². The molecule has 0 aliphatic heterocycles. The van der Waals surface area contributed by atoms with Crippen LogP contribution in [0.5, 0.6) is 5.75 Å². The number of esters is 1. The van der Waals surface area contributed by atoms with Crippen LogP contribution in [0.4, 0.5) is 0 Å². The number of benzene rings is 1. The molecule has 0 aromatic heterocycles. The molecule has 0 aliphatic rings. The molecule has 0 amide bonds. The number of rotatable bonds is 5. The summed E-state index contributed by atoms with van der Waals surface area (Å²) < 4.78 is 11.1. The van der Waals surface area contributed by atoms with Crippen molar-refractivity contribution < 1.29 is 14.3 Å². The Labute approximate surface area is 128 Å². The van der Waals surface area contributed by atoms with Crippen molar-refractivity contribution in [3.05, 3.63) is 29.3 Å². The third-order valence-electron chi connectivity index (χ3n) is 2.93. The fourth-order valence-electron chi connectivity index (χ4n) is 2.10. The fourth-order valence-corrected chi connectivity index (χ4v) is 2.10. The summed E-state index contributed by atoms with van der Waals surface area (Å²) in [6.45, 7) is 14.2. The van der Waals surface area contributed by atoms with Crippen LogP contribution in [0.3, 0.4) is 0 Å². The molecule has 0 saturated carbocycles. The van der Waals surface area contributed by atoms with E-state index in [2.05, 4.69) is 26.8 Å². The van der Waals surface area contributed by atoms with Crippen LogP contribution in [-0.2, 0) is 21.4 Å². The maximum absolute atomic E-state index is 11.8. The second-order valence-corrected chi connectivity index (χ2v) is 6.96. The molecule has 0 radical (unpaired) electrons. The summed E-state index contributed by atoms with van der Waals surface area (Å²) in [5.41, 5.74) is 2.04. The van der Waals surface area contributed by atoms with E-state index in [4.69, 9.17) is 9.47 Å². The molecule has 0 heterocycles. The summed E-state index contributed by atoms with van der Waals surface area (Å²) in [6.07, 6.45) is 0.342. The second kappa shape index (κ2) is 6.97. The molecule has 1 rings (SSSR count). The first-order valence-corrected chi connectivity index (χ1v) is 7.59. The van der Waals surface area contributed by atoms with E-state index in [9.17, 15) is 4.79 Å². The molecular formula is C18H28O3. The lowest BCUT2D eigenvalue weighted by Crippen LogP contribution is -2.18. The molecule has 1 aromatic carbocycles. The topological polar surface area (TPSA) is 35.5 Å². The zero-order chi connectivity index (χ0) is 16.2. The van der Waals surface area contributed by atoms with E-state index in [0.717, 1.165) is 16.9 Å². The molecular weight excluding hydrogens is 264 g/mol. The SMILES string of the molecule is CC(C)OC(=O)Cc1ccc(OC(C)C)c(C(C)(C)C)c1. The lowest BCUT2D eigenvalue weighted by molar-refractivity contribution is -0.146. The number of carbonyl (C=O) groups is 1. The van der Waals surface area contributed by atoms with Crippen molar-refractivity contribution in [3.63, 3.8) is 0 Å². The molecule has 21 heavy (non-hydrogen) atoms. The van der Waals surface area contributed by atoms with Gasteiger partial charge in [0.05, 0.1) is 18.6 Å². The van der Waals surface area contributed by atoms with E-state index in [1.165, 1.54) is 0 Å². The number of carbonyl (C=O) groups excluding carboxylic acids is 1. The summed E-state index contributed by atoms with van der Waals surface area (Å²) >= 11 is 0. The molecule has 0 fully saturated rings. The first-order chi connectivity index (χ1) is 9.59. The van der Waals surface area contributed by atoms with Crippen molar-refractivity contribution in [1.29, 1.82) is 0 Å². The standard InChI is InChI=1S/C18H28O3/c1-12(2)20-16-9-8-14(10-15(16)18(5,6)7)11-17(19)21-13(3)4/h8-10,12-13H,11H2,1-7H3. The van der Waals surface area contributed by atoms with Gasteiger partial charge in [-0.15, -0.1) is 0 Å². The van der Waals surface area contributed by atoms with Gasteiger partial charge in [0.15, 0.2) is 0 Å². The molecule has 3 heteroatoms. The first-order valence-electron chi connectivity index (χ1n) is 7.59. The quantitative estimate of drug-likeness (QED) is 0.760. The van der Waals surface area contributed by atoms with Crippen molar-refractivity contribution in [2.75, 3.05) is 0 Å². The predicted molar refractivity (Wildman–Crippen MR) is 85.8 cm³/mol. The Bertz CT molecular complexity index is 482. The predicted octanol–water partition coefficient (Wildman–Crippen LogP) is 4.27.